The van der Waals surface area contributed by atoms with Gasteiger partial charge in [-0.3, -0.25) is 8.98 Å². The molecular formula is C14H16N2O4S. The molecule has 1 aliphatic heterocycles. The SMILES string of the molecule is Cc1ccccc1S(=O)(=O)OCC(=O)N1CCCC1C#N. The highest BCUT2D eigenvalue weighted by atomic mass is 32.2. The smallest absolute Gasteiger partial charge is 0.297 e. The normalized spacial score (nSPS) is 18.5. The van der Waals surface area contributed by atoms with Gasteiger partial charge in [0.05, 0.1) is 11.0 Å². The van der Waals surface area contributed by atoms with E-state index in [1.807, 2.05) is 6.07 Å². The molecule has 0 saturated carbocycles. The monoisotopic (exact) mass is 308 g/mol. The van der Waals surface area contributed by atoms with Gasteiger partial charge in [0.1, 0.15) is 12.6 Å². The zero-order valence-electron chi connectivity index (χ0n) is 11.7. The van der Waals surface area contributed by atoms with Crippen molar-refractivity contribution < 1.29 is 17.4 Å². The fourth-order valence-electron chi connectivity index (χ4n) is 2.31. The van der Waals surface area contributed by atoms with Crippen molar-refractivity contribution in [1.29, 1.82) is 5.26 Å². The van der Waals surface area contributed by atoms with Crippen LogP contribution < -0.4 is 0 Å². The van der Waals surface area contributed by atoms with Crippen molar-refractivity contribution in [2.45, 2.75) is 30.7 Å². The maximum Gasteiger partial charge on any atom is 0.297 e. The van der Waals surface area contributed by atoms with Crippen LogP contribution in [0, 0.1) is 18.3 Å². The number of amides is 1. The number of benzene rings is 1. The summed E-state index contributed by atoms with van der Waals surface area (Å²) < 4.78 is 29.0. The largest absolute Gasteiger partial charge is 0.325 e. The minimum atomic E-state index is -3.97. The van der Waals surface area contributed by atoms with Gasteiger partial charge in [-0.15, -0.1) is 0 Å². The number of hydrogen-bond acceptors (Lipinski definition) is 5. The van der Waals surface area contributed by atoms with Gasteiger partial charge in [0, 0.05) is 6.54 Å². The second-order valence-corrected chi connectivity index (χ2v) is 6.44. The molecule has 1 fully saturated rings. The van der Waals surface area contributed by atoms with Crippen molar-refractivity contribution in [2.24, 2.45) is 0 Å². The molecule has 0 radical (unpaired) electrons. The molecule has 1 aliphatic rings. The minimum absolute atomic E-state index is 0.0519. The van der Waals surface area contributed by atoms with Gasteiger partial charge in [0.15, 0.2) is 0 Å². The first-order valence-electron chi connectivity index (χ1n) is 6.60. The summed E-state index contributed by atoms with van der Waals surface area (Å²) in [6.45, 7) is 1.55. The quantitative estimate of drug-likeness (QED) is 0.780. The molecule has 1 atom stereocenters. The van der Waals surface area contributed by atoms with Gasteiger partial charge in [0.2, 0.25) is 0 Å². The van der Waals surface area contributed by atoms with Gasteiger partial charge >= 0.3 is 0 Å². The molecule has 6 nitrogen and oxygen atoms in total. The molecule has 0 bridgehead atoms. The summed E-state index contributed by atoms with van der Waals surface area (Å²) in [5.41, 5.74) is 0.557. The van der Waals surface area contributed by atoms with Crippen molar-refractivity contribution in [3.05, 3.63) is 29.8 Å². The van der Waals surface area contributed by atoms with Gasteiger partial charge in [-0.25, -0.2) is 0 Å². The summed E-state index contributed by atoms with van der Waals surface area (Å²) >= 11 is 0. The molecule has 1 aromatic carbocycles. The third kappa shape index (κ3) is 3.40. The summed E-state index contributed by atoms with van der Waals surface area (Å²) in [5, 5.41) is 8.92. The van der Waals surface area contributed by atoms with Gasteiger partial charge < -0.3 is 4.90 Å². The van der Waals surface area contributed by atoms with Crippen LogP contribution in [0.2, 0.25) is 0 Å². The van der Waals surface area contributed by atoms with Crippen LogP contribution in [0.5, 0.6) is 0 Å². The number of nitrogens with zero attached hydrogens (tertiary/aromatic N) is 2. The first-order chi connectivity index (χ1) is 9.95. The van der Waals surface area contributed by atoms with E-state index in [0.29, 0.717) is 18.5 Å². The second-order valence-electron chi connectivity index (χ2n) is 4.86. The lowest BCUT2D eigenvalue weighted by Gasteiger charge is -2.19. The molecule has 21 heavy (non-hydrogen) atoms. The van der Waals surface area contributed by atoms with Crippen LogP contribution in [0.4, 0.5) is 0 Å². The van der Waals surface area contributed by atoms with E-state index in [1.165, 1.54) is 11.0 Å². The Morgan fingerprint density at radius 2 is 2.19 bits per heavy atom. The molecule has 0 spiro atoms. The first kappa shape index (κ1) is 15.5. The van der Waals surface area contributed by atoms with Gasteiger partial charge in [-0.05, 0) is 31.4 Å². The lowest BCUT2D eigenvalue weighted by atomic mass is 10.2. The van der Waals surface area contributed by atoms with E-state index < -0.39 is 28.7 Å². The average molecular weight is 308 g/mol. The third-order valence-electron chi connectivity index (χ3n) is 3.42. The molecule has 1 aromatic rings. The molecule has 1 unspecified atom stereocenters. The number of nitriles is 1. The maximum atomic E-state index is 12.1. The highest BCUT2D eigenvalue weighted by Crippen LogP contribution is 2.19. The molecule has 112 valence electrons. The van der Waals surface area contributed by atoms with Gasteiger partial charge in [-0.1, -0.05) is 18.2 Å². The topological polar surface area (TPSA) is 87.5 Å². The predicted octanol–water partition coefficient (Wildman–Crippen LogP) is 1.21. The number of hydrogen-bond donors (Lipinski definition) is 0. The molecule has 0 aliphatic carbocycles. The zero-order chi connectivity index (χ0) is 15.5. The third-order valence-corrected chi connectivity index (χ3v) is 4.85. The summed E-state index contributed by atoms with van der Waals surface area (Å²) in [5.74, 6) is -0.476. The van der Waals surface area contributed by atoms with Gasteiger partial charge in [-0.2, -0.15) is 13.7 Å². The Balaban J connectivity index is 2.04. The molecule has 0 N–H and O–H groups in total. The number of carbonyl (C=O) groups is 1. The van der Waals surface area contributed by atoms with E-state index in [-0.39, 0.29) is 4.90 Å². The fourth-order valence-corrected chi connectivity index (χ4v) is 3.40. The highest BCUT2D eigenvalue weighted by molar-refractivity contribution is 7.86. The van der Waals surface area contributed by atoms with Crippen LogP contribution in [0.25, 0.3) is 0 Å². The van der Waals surface area contributed by atoms with Crippen LogP contribution in [0.3, 0.4) is 0 Å². The average Bonchev–Trinajstić information content (AvgIpc) is 2.93. The van der Waals surface area contributed by atoms with Crippen LogP contribution in [-0.2, 0) is 19.1 Å². The molecule has 0 aromatic heterocycles. The predicted molar refractivity (Wildman–Crippen MR) is 74.7 cm³/mol. The van der Waals surface area contributed by atoms with Crippen LogP contribution in [-0.4, -0.2) is 38.4 Å². The highest BCUT2D eigenvalue weighted by Gasteiger charge is 2.30. The van der Waals surface area contributed by atoms with Crippen molar-refractivity contribution in [1.82, 2.24) is 4.90 Å². The summed E-state index contributed by atoms with van der Waals surface area (Å²) in [7, 11) is -3.97. The van der Waals surface area contributed by atoms with Crippen LogP contribution in [0.1, 0.15) is 18.4 Å². The van der Waals surface area contributed by atoms with E-state index in [2.05, 4.69) is 0 Å². The summed E-state index contributed by atoms with van der Waals surface area (Å²) in [4.78, 5) is 13.4. The first-order valence-corrected chi connectivity index (χ1v) is 8.00. The van der Waals surface area contributed by atoms with E-state index in [4.69, 9.17) is 9.44 Å². The Labute approximate surface area is 124 Å². The Morgan fingerprint density at radius 1 is 1.48 bits per heavy atom. The molecule has 1 amide bonds. The number of carbonyl (C=O) groups excluding carboxylic acids is 1. The van der Waals surface area contributed by atoms with Crippen molar-refractivity contribution in [3.63, 3.8) is 0 Å². The Hall–Kier alpha value is -1.91. The van der Waals surface area contributed by atoms with E-state index >= 15 is 0 Å². The molecule has 7 heteroatoms. The van der Waals surface area contributed by atoms with Crippen LogP contribution >= 0.6 is 0 Å². The summed E-state index contributed by atoms with van der Waals surface area (Å²) in [6.07, 6.45) is 1.36. The van der Waals surface area contributed by atoms with Crippen molar-refractivity contribution in [3.8, 4) is 6.07 Å². The Bertz CT molecular complexity index is 678. The number of rotatable bonds is 4. The van der Waals surface area contributed by atoms with E-state index in [9.17, 15) is 13.2 Å². The van der Waals surface area contributed by atoms with Crippen LogP contribution in [0.15, 0.2) is 29.2 Å². The molecule has 1 saturated heterocycles. The van der Waals surface area contributed by atoms with Gasteiger partial charge in [0.25, 0.3) is 16.0 Å². The van der Waals surface area contributed by atoms with E-state index in [0.717, 1.165) is 6.42 Å². The number of aryl methyl sites for hydroxylation is 1. The summed E-state index contributed by atoms with van der Waals surface area (Å²) in [6, 6.07) is 7.96. The molecule has 2 rings (SSSR count). The minimum Gasteiger partial charge on any atom is -0.325 e. The van der Waals surface area contributed by atoms with E-state index in [1.54, 1.807) is 25.1 Å². The Kier molecular flexibility index (Phi) is 4.60. The standard InChI is InChI=1S/C14H16N2O4S/c1-11-5-2-3-7-13(11)21(18,19)20-10-14(17)16-8-4-6-12(16)9-15/h2-3,5,7,12H,4,6,8,10H2,1H3. The maximum absolute atomic E-state index is 12.1. The fraction of sp³-hybridized carbons (Fsp3) is 0.429. The van der Waals surface area contributed by atoms with Crippen molar-refractivity contribution in [2.75, 3.05) is 13.2 Å². The lowest BCUT2D eigenvalue weighted by molar-refractivity contribution is -0.133. The second kappa shape index (κ2) is 6.24. The Morgan fingerprint density at radius 3 is 2.86 bits per heavy atom. The molecule has 1 heterocycles. The molecular weight excluding hydrogens is 292 g/mol. The lowest BCUT2D eigenvalue weighted by Crippen LogP contribution is -2.37. The zero-order valence-corrected chi connectivity index (χ0v) is 12.5. The van der Waals surface area contributed by atoms with Crippen molar-refractivity contribution >= 4 is 16.0 Å². The number of likely N-dealkylation sites (tertiary alicyclic amines) is 1.